The Morgan fingerprint density at radius 2 is 1.94 bits per heavy atom. The summed E-state index contributed by atoms with van der Waals surface area (Å²) >= 11 is 0. The van der Waals surface area contributed by atoms with Gasteiger partial charge >= 0.3 is 5.97 Å². The molecule has 3 heteroatoms. The van der Waals surface area contributed by atoms with E-state index in [9.17, 15) is 4.79 Å². The maximum Gasteiger partial charge on any atom is 0.335 e. The summed E-state index contributed by atoms with van der Waals surface area (Å²) < 4.78 is 1.99. The van der Waals surface area contributed by atoms with Gasteiger partial charge in [-0.25, -0.2) is 4.79 Å². The van der Waals surface area contributed by atoms with Gasteiger partial charge in [-0.2, -0.15) is 0 Å². The largest absolute Gasteiger partial charge is 0.478 e. The maximum absolute atomic E-state index is 11.0. The molecule has 0 fully saturated rings. The topological polar surface area (TPSA) is 42.2 Å². The molecule has 1 aromatic heterocycles. The van der Waals surface area contributed by atoms with Crippen molar-refractivity contribution in [1.29, 1.82) is 0 Å². The fraction of sp³-hybridized carbons (Fsp3) is 0.357. The molecule has 1 N–H and O–H groups in total. The quantitative estimate of drug-likeness (QED) is 0.819. The Morgan fingerprint density at radius 1 is 1.29 bits per heavy atom. The molecule has 1 heterocycles. The number of hydrogen-bond donors (Lipinski definition) is 1. The second kappa shape index (κ2) is 3.62. The van der Waals surface area contributed by atoms with Crippen molar-refractivity contribution in [1.82, 2.24) is 4.57 Å². The second-order valence-corrected chi connectivity index (χ2v) is 5.44. The third-order valence-electron chi connectivity index (χ3n) is 3.05. The van der Waals surface area contributed by atoms with Crippen LogP contribution in [0.2, 0.25) is 0 Å². The summed E-state index contributed by atoms with van der Waals surface area (Å²) in [6.45, 7) is 6.48. The summed E-state index contributed by atoms with van der Waals surface area (Å²) in [4.78, 5) is 11.0. The summed E-state index contributed by atoms with van der Waals surface area (Å²) in [6, 6.07) is 5.30. The van der Waals surface area contributed by atoms with E-state index in [0.717, 1.165) is 10.9 Å². The molecule has 0 aliphatic carbocycles. The highest BCUT2D eigenvalue weighted by Crippen LogP contribution is 2.31. The molecule has 0 aliphatic rings. The van der Waals surface area contributed by atoms with Crippen molar-refractivity contribution in [3.8, 4) is 0 Å². The normalized spacial score (nSPS) is 12.0. The molecule has 0 saturated heterocycles. The number of carboxylic acids is 1. The summed E-state index contributed by atoms with van der Waals surface area (Å²) in [5.41, 5.74) is 2.60. The fourth-order valence-electron chi connectivity index (χ4n) is 2.11. The minimum atomic E-state index is -0.884. The van der Waals surface area contributed by atoms with Crippen LogP contribution in [0.1, 0.15) is 36.7 Å². The monoisotopic (exact) mass is 231 g/mol. The number of rotatable bonds is 1. The Bertz CT molecular complexity index is 588. The second-order valence-electron chi connectivity index (χ2n) is 5.44. The first-order valence-electron chi connectivity index (χ1n) is 5.63. The van der Waals surface area contributed by atoms with Crippen molar-refractivity contribution in [3.63, 3.8) is 0 Å². The zero-order valence-electron chi connectivity index (χ0n) is 10.6. The lowest BCUT2D eigenvalue weighted by atomic mass is 9.87. The van der Waals surface area contributed by atoms with Crippen LogP contribution in [0.5, 0.6) is 0 Å². The lowest BCUT2D eigenvalue weighted by Crippen LogP contribution is -2.10. The molecule has 0 aliphatic heterocycles. The molecule has 17 heavy (non-hydrogen) atoms. The predicted molar refractivity (Wildman–Crippen MR) is 68.6 cm³/mol. The Balaban J connectivity index is 2.74. The number of aryl methyl sites for hydroxylation is 1. The predicted octanol–water partition coefficient (Wildman–Crippen LogP) is 3.17. The van der Waals surface area contributed by atoms with E-state index in [0.29, 0.717) is 5.56 Å². The number of carbonyl (C=O) groups is 1. The number of aromatic carboxylic acids is 1. The van der Waals surface area contributed by atoms with E-state index in [2.05, 4.69) is 27.0 Å². The SMILES string of the molecule is Cn1cc(C(C)(C)C)c2ccc(C(=O)O)cc21. The van der Waals surface area contributed by atoms with Crippen LogP contribution in [0.3, 0.4) is 0 Å². The molecule has 0 atom stereocenters. The molecule has 3 nitrogen and oxygen atoms in total. The lowest BCUT2D eigenvalue weighted by molar-refractivity contribution is 0.0697. The van der Waals surface area contributed by atoms with Gasteiger partial charge in [0.2, 0.25) is 0 Å². The standard InChI is InChI=1S/C14H17NO2/c1-14(2,3)11-8-15(4)12-7-9(13(16)17)5-6-10(11)12/h5-8H,1-4H3,(H,16,17). The highest BCUT2D eigenvalue weighted by atomic mass is 16.4. The van der Waals surface area contributed by atoms with Crippen LogP contribution in [0.4, 0.5) is 0 Å². The van der Waals surface area contributed by atoms with Crippen molar-refractivity contribution in [2.75, 3.05) is 0 Å². The zero-order chi connectivity index (χ0) is 12.8. The van der Waals surface area contributed by atoms with Crippen LogP contribution in [0.15, 0.2) is 24.4 Å². The van der Waals surface area contributed by atoms with E-state index in [4.69, 9.17) is 5.11 Å². The Labute approximate surface area is 101 Å². The van der Waals surface area contributed by atoms with E-state index in [-0.39, 0.29) is 5.41 Å². The summed E-state index contributed by atoms with van der Waals surface area (Å²) in [5.74, 6) is -0.884. The highest BCUT2D eigenvalue weighted by molar-refractivity contribution is 5.94. The van der Waals surface area contributed by atoms with Crippen LogP contribution in [-0.2, 0) is 12.5 Å². The van der Waals surface area contributed by atoms with Gasteiger partial charge in [0.15, 0.2) is 0 Å². The highest BCUT2D eigenvalue weighted by Gasteiger charge is 2.20. The molecule has 0 unspecified atom stereocenters. The van der Waals surface area contributed by atoms with Gasteiger partial charge in [0.05, 0.1) is 5.56 Å². The average molecular weight is 231 g/mol. The number of nitrogens with zero attached hydrogens (tertiary/aromatic N) is 1. The van der Waals surface area contributed by atoms with E-state index < -0.39 is 5.97 Å². The van der Waals surface area contributed by atoms with Gasteiger partial charge in [0.25, 0.3) is 0 Å². The third-order valence-corrected chi connectivity index (χ3v) is 3.05. The summed E-state index contributed by atoms with van der Waals surface area (Å²) in [6.07, 6.45) is 2.08. The van der Waals surface area contributed by atoms with Crippen molar-refractivity contribution in [3.05, 3.63) is 35.5 Å². The smallest absolute Gasteiger partial charge is 0.335 e. The Morgan fingerprint density at radius 3 is 2.47 bits per heavy atom. The molecule has 0 radical (unpaired) electrons. The fourth-order valence-corrected chi connectivity index (χ4v) is 2.11. The molecule has 1 aromatic carbocycles. The molecule has 0 saturated carbocycles. The van der Waals surface area contributed by atoms with Gasteiger partial charge in [-0.05, 0) is 23.1 Å². The van der Waals surface area contributed by atoms with Crippen LogP contribution in [0.25, 0.3) is 10.9 Å². The molecule has 2 aromatic rings. The molecule has 2 rings (SSSR count). The number of aromatic nitrogens is 1. The summed E-state index contributed by atoms with van der Waals surface area (Å²) in [5, 5.41) is 10.1. The molecular formula is C14H17NO2. The third kappa shape index (κ3) is 1.93. The molecule has 0 bridgehead atoms. The Kier molecular flexibility index (Phi) is 2.49. The molecule has 0 spiro atoms. The first-order chi connectivity index (χ1) is 7.80. The lowest BCUT2D eigenvalue weighted by Gasteiger charge is -2.17. The van der Waals surface area contributed by atoms with Gasteiger partial charge in [-0.15, -0.1) is 0 Å². The zero-order valence-corrected chi connectivity index (χ0v) is 10.6. The van der Waals surface area contributed by atoms with E-state index in [1.807, 2.05) is 17.7 Å². The van der Waals surface area contributed by atoms with Gasteiger partial charge < -0.3 is 9.67 Å². The van der Waals surface area contributed by atoms with Crippen molar-refractivity contribution < 1.29 is 9.90 Å². The first-order valence-corrected chi connectivity index (χ1v) is 5.63. The maximum atomic E-state index is 11.0. The number of carboxylic acid groups (broad SMARTS) is 1. The van der Waals surface area contributed by atoms with Crippen molar-refractivity contribution >= 4 is 16.9 Å². The van der Waals surface area contributed by atoms with Crippen molar-refractivity contribution in [2.45, 2.75) is 26.2 Å². The van der Waals surface area contributed by atoms with Crippen LogP contribution >= 0.6 is 0 Å². The molecular weight excluding hydrogens is 214 g/mol. The van der Waals surface area contributed by atoms with Crippen LogP contribution in [-0.4, -0.2) is 15.6 Å². The number of hydrogen-bond acceptors (Lipinski definition) is 1. The average Bonchev–Trinajstić information content (AvgIpc) is 2.55. The van der Waals surface area contributed by atoms with Gasteiger partial charge in [-0.1, -0.05) is 26.8 Å². The molecule has 90 valence electrons. The summed E-state index contributed by atoms with van der Waals surface area (Å²) in [7, 11) is 1.95. The number of fused-ring (bicyclic) bond motifs is 1. The minimum absolute atomic E-state index is 0.0598. The molecule has 0 amide bonds. The van der Waals surface area contributed by atoms with Gasteiger partial charge in [-0.3, -0.25) is 0 Å². The Hall–Kier alpha value is -1.77. The van der Waals surface area contributed by atoms with Crippen LogP contribution in [0, 0.1) is 0 Å². The number of benzene rings is 1. The van der Waals surface area contributed by atoms with Crippen molar-refractivity contribution in [2.24, 2.45) is 7.05 Å². The van der Waals surface area contributed by atoms with Gasteiger partial charge in [0, 0.05) is 24.1 Å². The van der Waals surface area contributed by atoms with Gasteiger partial charge in [0.1, 0.15) is 0 Å². The van der Waals surface area contributed by atoms with E-state index in [1.54, 1.807) is 12.1 Å². The van der Waals surface area contributed by atoms with E-state index in [1.165, 1.54) is 5.56 Å². The van der Waals surface area contributed by atoms with Crippen LogP contribution < -0.4 is 0 Å². The minimum Gasteiger partial charge on any atom is -0.478 e. The van der Waals surface area contributed by atoms with E-state index >= 15 is 0 Å². The first kappa shape index (κ1) is 11.7.